The first-order chi connectivity index (χ1) is 8.41. The summed E-state index contributed by atoms with van der Waals surface area (Å²) in [4.78, 5) is 23.9. The van der Waals surface area contributed by atoms with E-state index >= 15 is 0 Å². The van der Waals surface area contributed by atoms with Crippen molar-refractivity contribution in [2.24, 2.45) is 11.8 Å². The second-order valence-corrected chi connectivity index (χ2v) is 4.87. The van der Waals surface area contributed by atoms with Crippen LogP contribution in [0.1, 0.15) is 20.8 Å². The first-order valence-electron chi connectivity index (χ1n) is 6.08. The Morgan fingerprint density at radius 2 is 2.17 bits per heavy atom. The van der Waals surface area contributed by atoms with E-state index in [1.807, 2.05) is 6.92 Å². The van der Waals surface area contributed by atoms with Crippen molar-refractivity contribution in [1.29, 1.82) is 0 Å². The molecule has 2 aliphatic rings. The van der Waals surface area contributed by atoms with Crippen LogP contribution in [0.4, 0.5) is 0 Å². The highest BCUT2D eigenvalue weighted by atomic mass is 16.7. The summed E-state index contributed by atoms with van der Waals surface area (Å²) < 4.78 is 16.0. The largest absolute Gasteiger partial charge is 0.426 e. The number of esters is 1. The number of hydrogen-bond donors (Lipinski definition) is 0. The first kappa shape index (κ1) is 13.2. The van der Waals surface area contributed by atoms with Crippen LogP contribution in [0, 0.1) is 11.8 Å². The van der Waals surface area contributed by atoms with Gasteiger partial charge in [0.15, 0.2) is 6.10 Å². The van der Waals surface area contributed by atoms with Gasteiger partial charge in [0.05, 0.1) is 12.0 Å². The number of Topliss-reactive ketones (excluding diaryl/α,β-unsaturated/α-hetero) is 1. The molecule has 0 aromatic carbocycles. The third-order valence-corrected chi connectivity index (χ3v) is 3.76. The van der Waals surface area contributed by atoms with Crippen molar-refractivity contribution < 1.29 is 23.8 Å². The average molecular weight is 254 g/mol. The lowest BCUT2D eigenvalue weighted by Gasteiger charge is -2.39. The normalized spacial score (nSPS) is 39.8. The van der Waals surface area contributed by atoms with Crippen molar-refractivity contribution in [3.63, 3.8) is 0 Å². The van der Waals surface area contributed by atoms with Crippen LogP contribution in [-0.2, 0) is 23.8 Å². The van der Waals surface area contributed by atoms with Gasteiger partial charge in [-0.15, -0.1) is 0 Å². The van der Waals surface area contributed by atoms with Crippen molar-refractivity contribution in [1.82, 2.24) is 0 Å². The standard InChI is InChI=1S/C13H18O5/c1-7-10-5-6-13(17-10,8(2)11(7)14)18-12(15)9(3)16-4/h5-10H,1-4H3/t7-,8-,9+,10-,13+/m0/s1. The maximum Gasteiger partial charge on any atom is 0.337 e. The van der Waals surface area contributed by atoms with E-state index < -0.39 is 23.8 Å². The second-order valence-electron chi connectivity index (χ2n) is 4.87. The van der Waals surface area contributed by atoms with Crippen LogP contribution < -0.4 is 0 Å². The minimum Gasteiger partial charge on any atom is -0.426 e. The highest BCUT2D eigenvalue weighted by Gasteiger charge is 2.55. The molecule has 0 saturated carbocycles. The Bertz CT molecular complexity index is 402. The number of hydrogen-bond acceptors (Lipinski definition) is 5. The molecule has 5 heteroatoms. The average Bonchev–Trinajstić information content (AvgIpc) is 2.76. The van der Waals surface area contributed by atoms with Gasteiger partial charge in [0, 0.05) is 13.0 Å². The number of ether oxygens (including phenoxy) is 3. The molecule has 5 nitrogen and oxygen atoms in total. The van der Waals surface area contributed by atoms with Crippen LogP contribution in [-0.4, -0.2) is 36.9 Å². The lowest BCUT2D eigenvalue weighted by Crippen LogP contribution is -2.53. The van der Waals surface area contributed by atoms with E-state index in [9.17, 15) is 9.59 Å². The maximum absolute atomic E-state index is 12.1. The van der Waals surface area contributed by atoms with Crippen LogP contribution in [0.15, 0.2) is 12.2 Å². The lowest BCUT2D eigenvalue weighted by atomic mass is 9.86. The predicted molar refractivity (Wildman–Crippen MR) is 62.6 cm³/mol. The van der Waals surface area contributed by atoms with E-state index in [0.717, 1.165) is 0 Å². The van der Waals surface area contributed by atoms with E-state index in [4.69, 9.17) is 14.2 Å². The number of methoxy groups -OCH3 is 1. The summed E-state index contributed by atoms with van der Waals surface area (Å²) in [7, 11) is 1.43. The molecule has 0 spiro atoms. The Balaban J connectivity index is 2.19. The number of ketones is 1. The zero-order valence-corrected chi connectivity index (χ0v) is 11.0. The fourth-order valence-electron chi connectivity index (χ4n) is 2.27. The lowest BCUT2D eigenvalue weighted by molar-refractivity contribution is -0.250. The Hall–Kier alpha value is -1.20. The number of carbonyl (C=O) groups excluding carboxylic acids is 2. The summed E-state index contributed by atoms with van der Waals surface area (Å²) >= 11 is 0. The predicted octanol–water partition coefficient (Wildman–Crippen LogP) is 1.07. The van der Waals surface area contributed by atoms with Gasteiger partial charge in [0.1, 0.15) is 5.78 Å². The molecule has 0 aliphatic carbocycles. The molecule has 18 heavy (non-hydrogen) atoms. The van der Waals surface area contributed by atoms with E-state index in [1.165, 1.54) is 7.11 Å². The zero-order valence-electron chi connectivity index (χ0n) is 11.0. The highest BCUT2D eigenvalue weighted by molar-refractivity contribution is 5.87. The Labute approximate surface area is 106 Å². The summed E-state index contributed by atoms with van der Waals surface area (Å²) in [5, 5.41) is 0. The molecule has 2 rings (SSSR count). The summed E-state index contributed by atoms with van der Waals surface area (Å²) in [5.41, 5.74) is 0. The van der Waals surface area contributed by atoms with E-state index in [1.54, 1.807) is 26.0 Å². The van der Waals surface area contributed by atoms with Crippen LogP contribution in [0.3, 0.4) is 0 Å². The minimum atomic E-state index is -1.25. The second kappa shape index (κ2) is 4.48. The maximum atomic E-state index is 12.1. The van der Waals surface area contributed by atoms with E-state index in [2.05, 4.69) is 0 Å². The Morgan fingerprint density at radius 3 is 2.78 bits per heavy atom. The van der Waals surface area contributed by atoms with Gasteiger partial charge in [0.2, 0.25) is 5.79 Å². The van der Waals surface area contributed by atoms with Crippen molar-refractivity contribution in [2.45, 2.75) is 38.8 Å². The molecule has 0 aromatic heterocycles. The number of rotatable bonds is 3. The summed E-state index contributed by atoms with van der Waals surface area (Å²) in [6.07, 6.45) is 2.47. The van der Waals surface area contributed by atoms with E-state index in [-0.39, 0.29) is 17.8 Å². The molecule has 0 unspecified atom stereocenters. The SMILES string of the molecule is CO[C@H](C)C(=O)O[C@@]12C=C[C@H](O1)[C@H](C)C(=O)[C@@H]2C. The molecule has 0 aromatic rings. The fraction of sp³-hybridized carbons (Fsp3) is 0.692. The van der Waals surface area contributed by atoms with Crippen molar-refractivity contribution >= 4 is 11.8 Å². The smallest absolute Gasteiger partial charge is 0.337 e. The van der Waals surface area contributed by atoms with Crippen LogP contribution in [0.25, 0.3) is 0 Å². The van der Waals surface area contributed by atoms with E-state index in [0.29, 0.717) is 0 Å². The number of carbonyl (C=O) groups is 2. The van der Waals surface area contributed by atoms with Crippen molar-refractivity contribution in [2.75, 3.05) is 7.11 Å². The highest BCUT2D eigenvalue weighted by Crippen LogP contribution is 2.42. The van der Waals surface area contributed by atoms with Crippen molar-refractivity contribution in [3.05, 3.63) is 12.2 Å². The van der Waals surface area contributed by atoms with Gasteiger partial charge in [0.25, 0.3) is 0 Å². The monoisotopic (exact) mass is 254 g/mol. The third kappa shape index (κ3) is 1.87. The molecular weight excluding hydrogens is 236 g/mol. The summed E-state index contributed by atoms with van der Waals surface area (Å²) in [6, 6.07) is 0. The van der Waals surface area contributed by atoms with Gasteiger partial charge in [-0.3, -0.25) is 4.79 Å². The van der Waals surface area contributed by atoms with Gasteiger partial charge >= 0.3 is 5.97 Å². The molecule has 5 atom stereocenters. The molecule has 1 fully saturated rings. The molecular formula is C13H18O5. The van der Waals surface area contributed by atoms with Crippen LogP contribution in [0.2, 0.25) is 0 Å². The van der Waals surface area contributed by atoms with Gasteiger partial charge in [-0.05, 0) is 19.9 Å². The molecule has 100 valence electrons. The van der Waals surface area contributed by atoms with Crippen LogP contribution in [0.5, 0.6) is 0 Å². The van der Waals surface area contributed by atoms with Gasteiger partial charge in [-0.1, -0.05) is 13.0 Å². The van der Waals surface area contributed by atoms with Gasteiger partial charge < -0.3 is 14.2 Å². The zero-order chi connectivity index (χ0) is 13.5. The quantitative estimate of drug-likeness (QED) is 0.557. The molecule has 0 radical (unpaired) electrons. The van der Waals surface area contributed by atoms with Crippen LogP contribution >= 0.6 is 0 Å². The Morgan fingerprint density at radius 1 is 1.50 bits per heavy atom. The van der Waals surface area contributed by atoms with Crippen molar-refractivity contribution in [3.8, 4) is 0 Å². The molecule has 1 saturated heterocycles. The van der Waals surface area contributed by atoms with Gasteiger partial charge in [-0.25, -0.2) is 4.79 Å². The topological polar surface area (TPSA) is 61.8 Å². The molecule has 0 amide bonds. The van der Waals surface area contributed by atoms with Gasteiger partial charge in [-0.2, -0.15) is 0 Å². The molecule has 2 heterocycles. The fourth-order valence-corrected chi connectivity index (χ4v) is 2.27. The molecule has 2 aliphatic heterocycles. The summed E-state index contributed by atoms with van der Waals surface area (Å²) in [6.45, 7) is 5.13. The summed E-state index contributed by atoms with van der Waals surface area (Å²) in [5.74, 6) is -2.44. The number of fused-ring (bicyclic) bond motifs is 2. The third-order valence-electron chi connectivity index (χ3n) is 3.76. The first-order valence-corrected chi connectivity index (χ1v) is 6.08. The molecule has 2 bridgehead atoms. The minimum absolute atomic E-state index is 0.0501. The molecule has 0 N–H and O–H groups in total. The Kier molecular flexibility index (Phi) is 3.29.